The molecule has 7 heteroatoms. The SMILES string of the molecule is O=C(c1ccccc1Cl)N1CCc2c([nH]c3ccccc23)[C@@H]1c1ccc([N+](=O)[O-])cc1. The zero-order valence-electron chi connectivity index (χ0n) is 16.4. The summed E-state index contributed by atoms with van der Waals surface area (Å²) in [6.07, 6.45) is 0.707. The molecule has 0 spiro atoms. The molecule has 1 aliphatic heterocycles. The number of non-ortho nitro benzene ring substituents is 1. The molecule has 0 saturated carbocycles. The number of aromatic amines is 1. The van der Waals surface area contributed by atoms with E-state index in [4.69, 9.17) is 11.6 Å². The van der Waals surface area contributed by atoms with E-state index in [1.165, 1.54) is 17.7 Å². The van der Waals surface area contributed by atoms with Gasteiger partial charge in [-0.3, -0.25) is 14.9 Å². The number of benzene rings is 3. The number of nitro benzene ring substituents is 1. The van der Waals surface area contributed by atoms with Gasteiger partial charge in [-0.15, -0.1) is 0 Å². The number of hydrogen-bond acceptors (Lipinski definition) is 3. The van der Waals surface area contributed by atoms with E-state index in [-0.39, 0.29) is 11.6 Å². The molecule has 0 unspecified atom stereocenters. The molecule has 154 valence electrons. The highest BCUT2D eigenvalue weighted by molar-refractivity contribution is 6.33. The van der Waals surface area contributed by atoms with Gasteiger partial charge in [0, 0.05) is 35.3 Å². The molecule has 0 saturated heterocycles. The normalized spacial score (nSPS) is 15.6. The van der Waals surface area contributed by atoms with Gasteiger partial charge in [0.25, 0.3) is 11.6 Å². The van der Waals surface area contributed by atoms with Crippen LogP contribution in [-0.2, 0) is 6.42 Å². The molecular formula is C24H18ClN3O3. The van der Waals surface area contributed by atoms with Gasteiger partial charge >= 0.3 is 0 Å². The highest BCUT2D eigenvalue weighted by Crippen LogP contribution is 2.39. The van der Waals surface area contributed by atoms with E-state index in [0.29, 0.717) is 23.6 Å². The van der Waals surface area contributed by atoms with Crippen molar-refractivity contribution in [2.45, 2.75) is 12.5 Å². The number of halogens is 1. The second-order valence-electron chi connectivity index (χ2n) is 7.54. The molecule has 1 aromatic heterocycles. The summed E-state index contributed by atoms with van der Waals surface area (Å²) in [6, 6.07) is 21.0. The zero-order valence-corrected chi connectivity index (χ0v) is 17.2. The molecule has 1 amide bonds. The van der Waals surface area contributed by atoms with Crippen LogP contribution < -0.4 is 0 Å². The molecule has 2 heterocycles. The van der Waals surface area contributed by atoms with Gasteiger partial charge in [0.2, 0.25) is 0 Å². The third-order valence-corrected chi connectivity index (χ3v) is 6.15. The van der Waals surface area contributed by atoms with Crippen LogP contribution in [0.1, 0.15) is 33.2 Å². The largest absolute Gasteiger partial charge is 0.356 e. The van der Waals surface area contributed by atoms with Gasteiger partial charge in [-0.05, 0) is 47.9 Å². The van der Waals surface area contributed by atoms with Gasteiger partial charge in [0.15, 0.2) is 0 Å². The maximum atomic E-state index is 13.5. The van der Waals surface area contributed by atoms with Crippen molar-refractivity contribution < 1.29 is 9.72 Å². The fraction of sp³-hybridized carbons (Fsp3) is 0.125. The minimum absolute atomic E-state index is 0.0143. The number of carbonyl (C=O) groups is 1. The number of H-pyrrole nitrogens is 1. The molecule has 31 heavy (non-hydrogen) atoms. The Balaban J connectivity index is 1.66. The zero-order chi connectivity index (χ0) is 21.5. The average Bonchev–Trinajstić information content (AvgIpc) is 3.17. The second-order valence-corrected chi connectivity index (χ2v) is 7.95. The number of amides is 1. The lowest BCUT2D eigenvalue weighted by molar-refractivity contribution is -0.384. The minimum atomic E-state index is -0.425. The lowest BCUT2D eigenvalue weighted by atomic mass is 9.91. The Morgan fingerprint density at radius 2 is 1.74 bits per heavy atom. The summed E-state index contributed by atoms with van der Waals surface area (Å²) in [6.45, 7) is 0.514. The van der Waals surface area contributed by atoms with Gasteiger partial charge in [-0.2, -0.15) is 0 Å². The molecule has 4 aromatic rings. The molecule has 0 aliphatic carbocycles. The first-order valence-corrected chi connectivity index (χ1v) is 10.3. The van der Waals surface area contributed by atoms with Crippen molar-refractivity contribution in [1.29, 1.82) is 0 Å². The first-order valence-electron chi connectivity index (χ1n) is 9.94. The molecule has 1 aliphatic rings. The Kier molecular flexibility index (Phi) is 4.71. The van der Waals surface area contributed by atoms with E-state index >= 15 is 0 Å². The Bertz CT molecular complexity index is 1310. The van der Waals surface area contributed by atoms with Crippen molar-refractivity contribution in [2.24, 2.45) is 0 Å². The van der Waals surface area contributed by atoms with Gasteiger partial charge in [-0.25, -0.2) is 0 Å². The molecule has 0 radical (unpaired) electrons. The van der Waals surface area contributed by atoms with Gasteiger partial charge in [-0.1, -0.05) is 41.9 Å². The monoisotopic (exact) mass is 431 g/mol. The molecule has 5 rings (SSSR count). The fourth-order valence-electron chi connectivity index (χ4n) is 4.37. The summed E-state index contributed by atoms with van der Waals surface area (Å²) < 4.78 is 0. The topological polar surface area (TPSA) is 79.2 Å². The summed E-state index contributed by atoms with van der Waals surface area (Å²) in [5, 5.41) is 12.7. The van der Waals surface area contributed by atoms with Gasteiger partial charge in [0.05, 0.1) is 21.6 Å². The number of nitrogens with zero attached hydrogens (tertiary/aromatic N) is 2. The molecule has 0 fully saturated rings. The molecular weight excluding hydrogens is 414 g/mol. The van der Waals surface area contributed by atoms with Crippen molar-refractivity contribution in [3.8, 4) is 0 Å². The van der Waals surface area contributed by atoms with Crippen LogP contribution in [0.25, 0.3) is 10.9 Å². The maximum absolute atomic E-state index is 13.5. The summed E-state index contributed by atoms with van der Waals surface area (Å²) in [5.41, 5.74) is 4.37. The van der Waals surface area contributed by atoms with Crippen LogP contribution >= 0.6 is 11.6 Å². The number of fused-ring (bicyclic) bond motifs is 3. The number of para-hydroxylation sites is 1. The highest BCUT2D eigenvalue weighted by atomic mass is 35.5. The van der Waals surface area contributed by atoms with Crippen LogP contribution in [0.3, 0.4) is 0 Å². The molecule has 0 bridgehead atoms. The fourth-order valence-corrected chi connectivity index (χ4v) is 4.59. The van der Waals surface area contributed by atoms with Crippen LogP contribution in [0, 0.1) is 10.1 Å². The van der Waals surface area contributed by atoms with Crippen molar-refractivity contribution >= 4 is 34.1 Å². The summed E-state index contributed by atoms with van der Waals surface area (Å²) in [4.78, 5) is 29.5. The van der Waals surface area contributed by atoms with Crippen LogP contribution in [0.2, 0.25) is 5.02 Å². The van der Waals surface area contributed by atoms with Crippen LogP contribution in [0.5, 0.6) is 0 Å². The van der Waals surface area contributed by atoms with Crippen LogP contribution in [0.15, 0.2) is 72.8 Å². The van der Waals surface area contributed by atoms with Crippen molar-refractivity contribution in [3.05, 3.63) is 110 Å². The van der Waals surface area contributed by atoms with E-state index in [2.05, 4.69) is 11.1 Å². The van der Waals surface area contributed by atoms with E-state index in [1.54, 1.807) is 41.3 Å². The maximum Gasteiger partial charge on any atom is 0.269 e. The van der Waals surface area contributed by atoms with Crippen molar-refractivity contribution in [2.75, 3.05) is 6.54 Å². The van der Waals surface area contributed by atoms with Gasteiger partial charge < -0.3 is 9.88 Å². The number of carbonyl (C=O) groups excluding carboxylic acids is 1. The lowest BCUT2D eigenvalue weighted by Gasteiger charge is -2.36. The summed E-state index contributed by atoms with van der Waals surface area (Å²) in [7, 11) is 0. The number of rotatable bonds is 3. The number of aromatic nitrogens is 1. The summed E-state index contributed by atoms with van der Waals surface area (Å²) >= 11 is 6.32. The third kappa shape index (κ3) is 3.25. The smallest absolute Gasteiger partial charge is 0.269 e. The Morgan fingerprint density at radius 3 is 2.48 bits per heavy atom. The van der Waals surface area contributed by atoms with E-state index < -0.39 is 11.0 Å². The second kappa shape index (κ2) is 7.56. The first-order chi connectivity index (χ1) is 15.0. The molecule has 3 aromatic carbocycles. The van der Waals surface area contributed by atoms with Crippen LogP contribution in [-0.4, -0.2) is 27.3 Å². The molecule has 6 nitrogen and oxygen atoms in total. The van der Waals surface area contributed by atoms with E-state index in [1.807, 2.05) is 18.2 Å². The highest BCUT2D eigenvalue weighted by Gasteiger charge is 2.35. The first kappa shape index (κ1) is 19.3. The Hall–Kier alpha value is -3.64. The van der Waals surface area contributed by atoms with E-state index in [0.717, 1.165) is 22.2 Å². The molecule has 1 atom stereocenters. The third-order valence-electron chi connectivity index (χ3n) is 5.82. The quantitative estimate of drug-likeness (QED) is 0.342. The predicted molar refractivity (Wildman–Crippen MR) is 119 cm³/mol. The molecule has 1 N–H and O–H groups in total. The summed E-state index contributed by atoms with van der Waals surface area (Å²) in [5.74, 6) is -0.168. The van der Waals surface area contributed by atoms with Crippen molar-refractivity contribution in [3.63, 3.8) is 0 Å². The number of nitrogens with one attached hydrogen (secondary N) is 1. The van der Waals surface area contributed by atoms with Crippen molar-refractivity contribution in [1.82, 2.24) is 9.88 Å². The average molecular weight is 432 g/mol. The van der Waals surface area contributed by atoms with Gasteiger partial charge in [0.1, 0.15) is 0 Å². The van der Waals surface area contributed by atoms with E-state index in [9.17, 15) is 14.9 Å². The lowest BCUT2D eigenvalue weighted by Crippen LogP contribution is -2.40. The standard InChI is InChI=1S/C24H18ClN3O3/c25-20-7-3-1-6-19(20)24(29)27-14-13-18-17-5-2-4-8-21(17)26-22(18)23(27)15-9-11-16(12-10-15)28(30)31/h1-12,23,26H,13-14H2/t23-/m0/s1. The van der Waals surface area contributed by atoms with Crippen LogP contribution in [0.4, 0.5) is 5.69 Å². The Labute approximate surface area is 183 Å². The minimum Gasteiger partial charge on any atom is -0.356 e. The number of nitro groups is 1. The predicted octanol–water partition coefficient (Wildman–Crippen LogP) is 5.52. The Morgan fingerprint density at radius 1 is 1.03 bits per heavy atom. The number of hydrogen-bond donors (Lipinski definition) is 1.